The van der Waals surface area contributed by atoms with Crippen LogP contribution in [-0.4, -0.2) is 22.5 Å². The Morgan fingerprint density at radius 2 is 1.90 bits per heavy atom. The fourth-order valence-electron chi connectivity index (χ4n) is 3.18. The molecule has 7 heteroatoms. The Balaban J connectivity index is 1.42. The lowest BCUT2D eigenvalue weighted by molar-refractivity contribution is 0.0943. The molecule has 1 aliphatic rings. The van der Waals surface area contributed by atoms with Gasteiger partial charge < -0.3 is 14.8 Å². The maximum Gasteiger partial charge on any atom is 0.270 e. The zero-order valence-electron chi connectivity index (χ0n) is 15.4. The van der Waals surface area contributed by atoms with Crippen LogP contribution in [0.1, 0.15) is 16.1 Å². The van der Waals surface area contributed by atoms with Crippen molar-refractivity contribution in [1.82, 2.24) is 15.1 Å². The molecule has 0 unspecified atom stereocenters. The molecule has 4 aromatic rings. The van der Waals surface area contributed by atoms with Gasteiger partial charge in [0.15, 0.2) is 11.5 Å². The van der Waals surface area contributed by atoms with E-state index in [-0.39, 0.29) is 12.7 Å². The predicted molar refractivity (Wildman–Crippen MR) is 111 cm³/mol. The van der Waals surface area contributed by atoms with Gasteiger partial charge in [0.25, 0.3) is 5.91 Å². The number of ether oxygens (including phenoxy) is 2. The molecule has 2 aromatic carbocycles. The summed E-state index contributed by atoms with van der Waals surface area (Å²) >= 11 is 1.59. The van der Waals surface area contributed by atoms with Crippen molar-refractivity contribution < 1.29 is 14.3 Å². The van der Waals surface area contributed by atoms with Gasteiger partial charge in [0.05, 0.1) is 10.6 Å². The van der Waals surface area contributed by atoms with Gasteiger partial charge in [0, 0.05) is 6.54 Å². The zero-order valence-corrected chi connectivity index (χ0v) is 16.2. The fraction of sp³-hybridized carbons (Fsp3) is 0.0909. The van der Waals surface area contributed by atoms with Gasteiger partial charge in [-0.1, -0.05) is 30.3 Å². The topological polar surface area (TPSA) is 65.4 Å². The van der Waals surface area contributed by atoms with Crippen LogP contribution in [0.4, 0.5) is 0 Å². The molecule has 1 N–H and O–H groups in total. The average molecular weight is 403 g/mol. The predicted octanol–water partition coefficient (Wildman–Crippen LogP) is 4.26. The normalized spacial score (nSPS) is 12.1. The van der Waals surface area contributed by atoms with Gasteiger partial charge >= 0.3 is 0 Å². The number of hydrogen-bond donors (Lipinski definition) is 1. The Morgan fingerprint density at radius 3 is 2.72 bits per heavy atom. The van der Waals surface area contributed by atoms with Gasteiger partial charge in [-0.05, 0) is 47.3 Å². The third-order valence-electron chi connectivity index (χ3n) is 4.61. The molecule has 0 fully saturated rings. The minimum Gasteiger partial charge on any atom is -0.454 e. The number of rotatable bonds is 5. The molecule has 29 heavy (non-hydrogen) atoms. The van der Waals surface area contributed by atoms with Crippen LogP contribution in [0.2, 0.25) is 0 Å². The summed E-state index contributed by atoms with van der Waals surface area (Å²) in [5, 5.41) is 9.65. The third kappa shape index (κ3) is 3.48. The van der Waals surface area contributed by atoms with Gasteiger partial charge in [0.1, 0.15) is 11.4 Å². The van der Waals surface area contributed by atoms with Crippen LogP contribution >= 0.6 is 11.3 Å². The summed E-state index contributed by atoms with van der Waals surface area (Å²) in [7, 11) is 0. The van der Waals surface area contributed by atoms with Gasteiger partial charge in [-0.25, -0.2) is 4.68 Å². The highest BCUT2D eigenvalue weighted by molar-refractivity contribution is 7.13. The fourth-order valence-corrected chi connectivity index (χ4v) is 3.86. The molecule has 1 amide bonds. The number of nitrogens with zero attached hydrogens (tertiary/aromatic N) is 2. The number of para-hydroxylation sites is 1. The van der Waals surface area contributed by atoms with Crippen molar-refractivity contribution in [2.75, 3.05) is 6.79 Å². The highest BCUT2D eigenvalue weighted by atomic mass is 32.1. The number of amides is 1. The molecular formula is C22H17N3O3S. The van der Waals surface area contributed by atoms with Crippen LogP contribution in [-0.2, 0) is 6.54 Å². The van der Waals surface area contributed by atoms with E-state index in [4.69, 9.17) is 9.47 Å². The van der Waals surface area contributed by atoms with Gasteiger partial charge in [-0.3, -0.25) is 4.79 Å². The molecule has 0 atom stereocenters. The van der Waals surface area contributed by atoms with Crippen molar-refractivity contribution >= 4 is 17.2 Å². The summed E-state index contributed by atoms with van der Waals surface area (Å²) in [5.74, 6) is 1.23. The van der Waals surface area contributed by atoms with Gasteiger partial charge in [0.2, 0.25) is 6.79 Å². The number of nitrogens with one attached hydrogen (secondary N) is 1. The number of carbonyl (C=O) groups is 1. The van der Waals surface area contributed by atoms with Crippen molar-refractivity contribution in [2.24, 2.45) is 0 Å². The van der Waals surface area contributed by atoms with Crippen molar-refractivity contribution in [3.05, 3.63) is 83.4 Å². The summed E-state index contributed by atoms with van der Waals surface area (Å²) in [4.78, 5) is 14.0. The summed E-state index contributed by atoms with van der Waals surface area (Å²) in [6.45, 7) is 0.608. The number of benzene rings is 2. The van der Waals surface area contributed by atoms with E-state index in [0.717, 1.165) is 27.6 Å². The standard InChI is InChI=1S/C22H17N3O3S/c26-22(23-13-15-8-9-19-20(11-15)28-14-27-19)18-12-17(21-7-4-10-29-21)24-25(18)16-5-2-1-3-6-16/h1-12H,13-14H2,(H,23,26). The summed E-state index contributed by atoms with van der Waals surface area (Å²) in [6, 6.07) is 21.1. The first-order chi connectivity index (χ1) is 14.3. The second-order valence-corrected chi connectivity index (χ2v) is 7.46. The van der Waals surface area contributed by atoms with Crippen molar-refractivity contribution in [3.63, 3.8) is 0 Å². The lowest BCUT2D eigenvalue weighted by Crippen LogP contribution is -2.25. The molecule has 5 rings (SSSR count). The van der Waals surface area contributed by atoms with E-state index >= 15 is 0 Å². The van der Waals surface area contributed by atoms with Crippen molar-refractivity contribution in [3.8, 4) is 27.8 Å². The van der Waals surface area contributed by atoms with Crippen LogP contribution in [0, 0.1) is 0 Å². The first-order valence-corrected chi connectivity index (χ1v) is 10.0. The Hall–Kier alpha value is -3.58. The summed E-state index contributed by atoms with van der Waals surface area (Å²) in [6.07, 6.45) is 0. The Morgan fingerprint density at radius 1 is 1.03 bits per heavy atom. The first kappa shape index (κ1) is 17.5. The smallest absolute Gasteiger partial charge is 0.270 e. The summed E-state index contributed by atoms with van der Waals surface area (Å²) < 4.78 is 12.4. The van der Waals surface area contributed by atoms with Crippen molar-refractivity contribution in [1.29, 1.82) is 0 Å². The number of thiophene rings is 1. The first-order valence-electron chi connectivity index (χ1n) is 9.14. The Kier molecular flexibility index (Phi) is 4.50. The van der Waals surface area contributed by atoms with Crippen LogP contribution in [0.5, 0.6) is 11.5 Å². The highest BCUT2D eigenvalue weighted by Gasteiger charge is 2.19. The second kappa shape index (κ2) is 7.44. The third-order valence-corrected chi connectivity index (χ3v) is 5.50. The number of carbonyl (C=O) groups excluding carboxylic acids is 1. The van der Waals surface area contributed by atoms with Crippen LogP contribution < -0.4 is 14.8 Å². The minimum absolute atomic E-state index is 0.193. The molecule has 144 valence electrons. The molecule has 0 aliphatic carbocycles. The van der Waals surface area contributed by atoms with E-state index in [1.165, 1.54) is 0 Å². The van der Waals surface area contributed by atoms with Crippen LogP contribution in [0.3, 0.4) is 0 Å². The maximum absolute atomic E-state index is 13.0. The van der Waals surface area contributed by atoms with E-state index in [1.54, 1.807) is 16.0 Å². The molecular weight excluding hydrogens is 386 g/mol. The molecule has 0 radical (unpaired) electrons. The molecule has 0 bridgehead atoms. The SMILES string of the molecule is O=C(NCc1ccc2c(c1)OCO2)c1cc(-c2cccs2)nn1-c1ccccc1. The number of fused-ring (bicyclic) bond motifs is 1. The highest BCUT2D eigenvalue weighted by Crippen LogP contribution is 2.32. The lowest BCUT2D eigenvalue weighted by atomic mass is 10.2. The molecule has 2 aromatic heterocycles. The number of aromatic nitrogens is 2. The summed E-state index contributed by atoms with van der Waals surface area (Å²) in [5.41, 5.74) is 3.04. The van der Waals surface area contributed by atoms with E-state index in [0.29, 0.717) is 18.0 Å². The average Bonchev–Trinajstić information content (AvgIpc) is 3.52. The van der Waals surface area contributed by atoms with Gasteiger partial charge in [-0.15, -0.1) is 11.3 Å². The molecule has 0 saturated carbocycles. The monoisotopic (exact) mass is 403 g/mol. The molecule has 3 heterocycles. The van der Waals surface area contributed by atoms with E-state index in [2.05, 4.69) is 10.4 Å². The van der Waals surface area contributed by atoms with E-state index in [1.807, 2.05) is 72.1 Å². The molecule has 0 saturated heterocycles. The molecule has 1 aliphatic heterocycles. The molecule has 6 nitrogen and oxygen atoms in total. The van der Waals surface area contributed by atoms with Gasteiger partial charge in [-0.2, -0.15) is 5.10 Å². The van der Waals surface area contributed by atoms with Crippen molar-refractivity contribution in [2.45, 2.75) is 6.54 Å². The Bertz CT molecular complexity index is 1150. The quantitative estimate of drug-likeness (QED) is 0.541. The second-order valence-electron chi connectivity index (χ2n) is 6.51. The largest absolute Gasteiger partial charge is 0.454 e. The van der Waals surface area contributed by atoms with Crippen LogP contribution in [0.25, 0.3) is 16.3 Å². The maximum atomic E-state index is 13.0. The van der Waals surface area contributed by atoms with E-state index < -0.39 is 0 Å². The van der Waals surface area contributed by atoms with Crippen LogP contribution in [0.15, 0.2) is 72.1 Å². The zero-order chi connectivity index (χ0) is 19.6. The number of hydrogen-bond acceptors (Lipinski definition) is 5. The Labute approximate surface area is 171 Å². The van der Waals surface area contributed by atoms with E-state index in [9.17, 15) is 4.79 Å². The minimum atomic E-state index is -0.193. The lowest BCUT2D eigenvalue weighted by Gasteiger charge is -2.09. The molecule has 0 spiro atoms.